The van der Waals surface area contributed by atoms with E-state index in [-0.39, 0.29) is 17.2 Å². The minimum atomic E-state index is -0.844. The van der Waals surface area contributed by atoms with Gasteiger partial charge in [0.05, 0.1) is 9.85 Å². The first-order valence-electron chi connectivity index (χ1n) is 8.86. The van der Waals surface area contributed by atoms with Gasteiger partial charge in [-0.15, -0.1) is 0 Å². The van der Waals surface area contributed by atoms with Crippen LogP contribution in [0, 0.1) is 20.2 Å². The Labute approximate surface area is 170 Å². The lowest BCUT2D eigenvalue weighted by Crippen LogP contribution is -2.47. The van der Waals surface area contributed by atoms with Crippen molar-refractivity contribution in [2.24, 2.45) is 0 Å². The molecule has 1 amide bonds. The fourth-order valence-corrected chi connectivity index (χ4v) is 2.80. The number of anilines is 2. The van der Waals surface area contributed by atoms with Crippen molar-refractivity contribution in [3.05, 3.63) is 56.4 Å². The molecule has 2 aromatic rings. The molecule has 158 valence electrons. The van der Waals surface area contributed by atoms with Crippen LogP contribution in [0.5, 0.6) is 0 Å². The first kappa shape index (κ1) is 20.8. The molecule has 0 radical (unpaired) electrons. The van der Waals surface area contributed by atoms with Crippen LogP contribution < -0.4 is 16.3 Å². The molecule has 2 heterocycles. The van der Waals surface area contributed by atoms with Gasteiger partial charge in [-0.3, -0.25) is 41.3 Å². The molecule has 0 bridgehead atoms. The van der Waals surface area contributed by atoms with E-state index in [1.165, 1.54) is 24.3 Å². The van der Waals surface area contributed by atoms with Gasteiger partial charge in [-0.05, 0) is 13.1 Å². The number of benzene rings is 1. The second kappa shape index (κ2) is 9.06. The van der Waals surface area contributed by atoms with Gasteiger partial charge < -0.3 is 4.90 Å². The Bertz CT molecular complexity index is 962. The fraction of sp³-hybridized carbons (Fsp3) is 0.312. The monoisotopic (exact) mass is 417 g/mol. The molecule has 1 saturated heterocycles. The van der Waals surface area contributed by atoms with E-state index in [0.717, 1.165) is 19.4 Å². The van der Waals surface area contributed by atoms with Crippen molar-refractivity contribution >= 4 is 28.9 Å². The van der Waals surface area contributed by atoms with Crippen molar-refractivity contribution in [3.63, 3.8) is 0 Å². The van der Waals surface area contributed by atoms with Crippen LogP contribution in [0.1, 0.15) is 10.4 Å². The van der Waals surface area contributed by atoms with Gasteiger partial charge in [-0.25, -0.2) is 15.0 Å². The number of carbonyl (C=O) groups is 1. The van der Waals surface area contributed by atoms with Crippen LogP contribution in [0.15, 0.2) is 30.6 Å². The quantitative estimate of drug-likeness (QED) is 0.426. The van der Waals surface area contributed by atoms with Crippen LogP contribution in [0.3, 0.4) is 0 Å². The van der Waals surface area contributed by atoms with Crippen molar-refractivity contribution < 1.29 is 14.6 Å². The summed E-state index contributed by atoms with van der Waals surface area (Å²) in [4.78, 5) is 43.5. The number of nitro groups is 2. The molecule has 14 heteroatoms. The van der Waals surface area contributed by atoms with Crippen molar-refractivity contribution in [3.8, 4) is 0 Å². The Hall–Kier alpha value is -3.91. The lowest BCUT2D eigenvalue weighted by Gasteiger charge is -2.32. The number of para-hydroxylation sites is 1. The smallest absolute Gasteiger partial charge is 0.304 e. The van der Waals surface area contributed by atoms with Gasteiger partial charge >= 0.3 is 5.69 Å². The summed E-state index contributed by atoms with van der Waals surface area (Å²) in [6, 6.07) is 5.34. The van der Waals surface area contributed by atoms with E-state index in [2.05, 4.69) is 31.1 Å². The van der Waals surface area contributed by atoms with E-state index in [9.17, 15) is 25.0 Å². The number of carbonyl (C=O) groups excluding carboxylic acids is 1. The van der Waals surface area contributed by atoms with E-state index in [0.29, 0.717) is 13.1 Å². The van der Waals surface area contributed by atoms with Crippen LogP contribution in [0.4, 0.5) is 23.0 Å². The van der Waals surface area contributed by atoms with Gasteiger partial charge in [-0.1, -0.05) is 12.1 Å². The Balaban J connectivity index is 1.77. The number of aromatic nitrogens is 2. The predicted molar refractivity (Wildman–Crippen MR) is 106 cm³/mol. The SMILES string of the molecule is CN1CCN(Nc2ncnc(NNC(=O)c3ccccc3[N+](=O)[O-])c2[N+](=O)[O-])CC1. The number of nitrogens with zero attached hydrogens (tertiary/aromatic N) is 6. The molecule has 0 spiro atoms. The molecule has 1 aliphatic rings. The van der Waals surface area contributed by atoms with Gasteiger partial charge in [0.15, 0.2) is 0 Å². The average Bonchev–Trinajstić information content (AvgIpc) is 2.73. The highest BCUT2D eigenvalue weighted by Gasteiger charge is 2.26. The lowest BCUT2D eigenvalue weighted by molar-refractivity contribution is -0.385. The number of piperazine rings is 1. The topological polar surface area (TPSA) is 172 Å². The van der Waals surface area contributed by atoms with E-state index in [4.69, 9.17) is 0 Å². The highest BCUT2D eigenvalue weighted by molar-refractivity contribution is 5.98. The molecule has 3 rings (SSSR count). The second-order valence-electron chi connectivity index (χ2n) is 6.43. The third-order valence-electron chi connectivity index (χ3n) is 4.41. The summed E-state index contributed by atoms with van der Waals surface area (Å²) in [5.41, 5.74) is 6.40. The number of hydrazine groups is 2. The van der Waals surface area contributed by atoms with Crippen LogP contribution in [0.2, 0.25) is 0 Å². The van der Waals surface area contributed by atoms with Gasteiger partial charge in [0.2, 0.25) is 11.6 Å². The third kappa shape index (κ3) is 4.73. The Morgan fingerprint density at radius 1 is 1.03 bits per heavy atom. The summed E-state index contributed by atoms with van der Waals surface area (Å²) in [6.07, 6.45) is 1.10. The zero-order valence-corrected chi connectivity index (χ0v) is 15.9. The molecule has 0 saturated carbocycles. The maximum Gasteiger partial charge on any atom is 0.356 e. The standard InChI is InChI=1S/C16H19N9O5/c1-22-6-8-23(9-7-22)21-15-13(25(29)30)14(17-10-18-15)19-20-16(26)11-4-2-3-5-12(11)24(27)28/h2-5,10H,6-9H2,1H3,(H,20,26)(H2,17,18,19,21). The van der Waals surface area contributed by atoms with Gasteiger partial charge in [-0.2, -0.15) is 0 Å². The number of hydrogen-bond donors (Lipinski definition) is 3. The summed E-state index contributed by atoms with van der Waals surface area (Å²) >= 11 is 0. The van der Waals surface area contributed by atoms with Gasteiger partial charge in [0, 0.05) is 32.2 Å². The zero-order valence-electron chi connectivity index (χ0n) is 15.9. The molecule has 1 aromatic heterocycles. The van der Waals surface area contributed by atoms with Crippen molar-refractivity contribution in [2.45, 2.75) is 0 Å². The summed E-state index contributed by atoms with van der Waals surface area (Å²) in [5.74, 6) is -1.15. The summed E-state index contributed by atoms with van der Waals surface area (Å²) < 4.78 is 0. The summed E-state index contributed by atoms with van der Waals surface area (Å²) in [6.45, 7) is 2.83. The highest BCUT2D eigenvalue weighted by Crippen LogP contribution is 2.29. The normalized spacial score (nSPS) is 14.7. The number of hydrogen-bond acceptors (Lipinski definition) is 11. The second-order valence-corrected chi connectivity index (χ2v) is 6.43. The van der Waals surface area contributed by atoms with Crippen LogP contribution in [-0.4, -0.2) is 68.9 Å². The van der Waals surface area contributed by atoms with Crippen molar-refractivity contribution in [2.75, 3.05) is 44.1 Å². The Morgan fingerprint density at radius 2 is 1.70 bits per heavy atom. The minimum absolute atomic E-state index is 0.0398. The molecule has 1 aromatic carbocycles. The maximum absolute atomic E-state index is 12.3. The van der Waals surface area contributed by atoms with Crippen molar-refractivity contribution in [1.29, 1.82) is 0 Å². The molecule has 14 nitrogen and oxygen atoms in total. The van der Waals surface area contributed by atoms with Crippen LogP contribution >= 0.6 is 0 Å². The molecule has 1 fully saturated rings. The average molecular weight is 417 g/mol. The third-order valence-corrected chi connectivity index (χ3v) is 4.41. The lowest BCUT2D eigenvalue weighted by atomic mass is 10.2. The number of nitro benzene ring substituents is 1. The Morgan fingerprint density at radius 3 is 2.37 bits per heavy atom. The van der Waals surface area contributed by atoms with E-state index >= 15 is 0 Å². The molecule has 0 unspecified atom stereocenters. The number of likely N-dealkylation sites (N-methyl/N-ethyl adjacent to an activating group) is 1. The molecular formula is C16H19N9O5. The molecule has 30 heavy (non-hydrogen) atoms. The van der Waals surface area contributed by atoms with Crippen LogP contribution in [0.25, 0.3) is 0 Å². The van der Waals surface area contributed by atoms with E-state index < -0.39 is 27.1 Å². The van der Waals surface area contributed by atoms with E-state index in [1.54, 1.807) is 5.01 Å². The first-order chi connectivity index (χ1) is 14.4. The number of rotatable bonds is 7. The maximum atomic E-state index is 12.3. The summed E-state index contributed by atoms with van der Waals surface area (Å²) in [5, 5.41) is 24.5. The van der Waals surface area contributed by atoms with Gasteiger partial charge in [0.1, 0.15) is 11.9 Å². The molecule has 1 aliphatic heterocycles. The first-order valence-corrected chi connectivity index (χ1v) is 8.86. The minimum Gasteiger partial charge on any atom is -0.304 e. The summed E-state index contributed by atoms with van der Waals surface area (Å²) in [7, 11) is 1.98. The van der Waals surface area contributed by atoms with E-state index in [1.807, 2.05) is 7.05 Å². The zero-order chi connectivity index (χ0) is 21.7. The molecule has 3 N–H and O–H groups in total. The highest BCUT2D eigenvalue weighted by atomic mass is 16.6. The molecule has 0 atom stereocenters. The number of nitrogens with one attached hydrogen (secondary N) is 3. The van der Waals surface area contributed by atoms with Crippen molar-refractivity contribution in [1.82, 2.24) is 25.3 Å². The predicted octanol–water partition coefficient (Wildman–Crippen LogP) is 0.624. The Kier molecular flexibility index (Phi) is 6.29. The van der Waals surface area contributed by atoms with Gasteiger partial charge in [0.25, 0.3) is 11.6 Å². The largest absolute Gasteiger partial charge is 0.356 e. The number of amides is 1. The fourth-order valence-electron chi connectivity index (χ4n) is 2.80. The molecular weight excluding hydrogens is 398 g/mol. The molecule has 0 aliphatic carbocycles. The van der Waals surface area contributed by atoms with Crippen LogP contribution in [-0.2, 0) is 0 Å².